The molecule has 1 N–H and O–H groups in total. The van der Waals surface area contributed by atoms with Crippen molar-refractivity contribution in [2.75, 3.05) is 32.0 Å². The highest BCUT2D eigenvalue weighted by molar-refractivity contribution is 7.89. The van der Waals surface area contributed by atoms with E-state index >= 15 is 0 Å². The predicted molar refractivity (Wildman–Crippen MR) is 133 cm³/mol. The normalized spacial score (nSPS) is 15.1. The molecule has 0 spiro atoms. The van der Waals surface area contributed by atoms with Gasteiger partial charge in [0.05, 0.1) is 11.4 Å². The van der Waals surface area contributed by atoms with Crippen LogP contribution in [0.5, 0.6) is 0 Å². The summed E-state index contributed by atoms with van der Waals surface area (Å²) in [7, 11) is -1.64. The second kappa shape index (κ2) is 10.0. The van der Waals surface area contributed by atoms with Gasteiger partial charge in [-0.05, 0) is 60.8 Å². The minimum atomic E-state index is -3.55. The van der Waals surface area contributed by atoms with Crippen molar-refractivity contribution in [2.45, 2.75) is 37.6 Å². The van der Waals surface area contributed by atoms with Crippen LogP contribution in [-0.4, -0.2) is 50.2 Å². The molecule has 1 heterocycles. The van der Waals surface area contributed by atoms with E-state index in [0.717, 1.165) is 30.4 Å². The van der Waals surface area contributed by atoms with Crippen LogP contribution in [-0.2, 0) is 21.4 Å². The Labute approximate surface area is 196 Å². The lowest BCUT2D eigenvalue weighted by Gasteiger charge is -2.26. The van der Waals surface area contributed by atoms with E-state index in [-0.39, 0.29) is 17.3 Å². The standard InChI is InChI=1S/C26H31N3O3S/c1-20-13-14-23(33(31,32)29-15-6-3-7-16-29)17-25(20)27-26(30)19-28(2)18-22-11-8-10-21-9-4-5-12-24(21)22/h4-5,8-14,17H,3,6-7,15-16,18-19H2,1-2H3,(H,27,30). The predicted octanol–water partition coefficient (Wildman–Crippen LogP) is 4.39. The average molecular weight is 466 g/mol. The van der Waals surface area contributed by atoms with Crippen molar-refractivity contribution in [1.29, 1.82) is 0 Å². The Morgan fingerprint density at radius 1 is 1.00 bits per heavy atom. The average Bonchev–Trinajstić information content (AvgIpc) is 2.81. The molecule has 33 heavy (non-hydrogen) atoms. The summed E-state index contributed by atoms with van der Waals surface area (Å²) in [5.41, 5.74) is 2.53. The summed E-state index contributed by atoms with van der Waals surface area (Å²) in [5.74, 6) is -0.173. The highest BCUT2D eigenvalue weighted by Crippen LogP contribution is 2.25. The lowest BCUT2D eigenvalue weighted by atomic mass is 10.0. The lowest BCUT2D eigenvalue weighted by molar-refractivity contribution is -0.117. The van der Waals surface area contributed by atoms with Crippen LogP contribution in [0.2, 0.25) is 0 Å². The second-order valence-electron chi connectivity index (χ2n) is 8.80. The van der Waals surface area contributed by atoms with Crippen LogP contribution < -0.4 is 5.32 Å². The zero-order chi connectivity index (χ0) is 23.4. The summed E-state index contributed by atoms with van der Waals surface area (Å²) in [5, 5.41) is 5.27. The fourth-order valence-corrected chi connectivity index (χ4v) is 5.91. The number of carbonyl (C=O) groups is 1. The third-order valence-corrected chi connectivity index (χ3v) is 8.06. The minimum absolute atomic E-state index is 0.173. The first-order valence-corrected chi connectivity index (χ1v) is 12.8. The van der Waals surface area contributed by atoms with Gasteiger partial charge >= 0.3 is 0 Å². The van der Waals surface area contributed by atoms with Crippen molar-refractivity contribution in [2.24, 2.45) is 0 Å². The Bertz CT molecular complexity index is 1250. The van der Waals surface area contributed by atoms with Crippen molar-refractivity contribution < 1.29 is 13.2 Å². The van der Waals surface area contributed by atoms with Crippen LogP contribution in [0.4, 0.5) is 5.69 Å². The SMILES string of the molecule is Cc1ccc(S(=O)(=O)N2CCCCC2)cc1NC(=O)CN(C)Cc1cccc2ccccc12. The number of rotatable bonds is 7. The maximum Gasteiger partial charge on any atom is 0.243 e. The number of nitrogens with zero attached hydrogens (tertiary/aromatic N) is 2. The van der Waals surface area contributed by atoms with Gasteiger partial charge in [-0.3, -0.25) is 9.69 Å². The van der Waals surface area contributed by atoms with E-state index in [9.17, 15) is 13.2 Å². The number of anilines is 1. The Morgan fingerprint density at radius 2 is 1.73 bits per heavy atom. The van der Waals surface area contributed by atoms with Gasteiger partial charge in [-0.1, -0.05) is 55.0 Å². The molecule has 0 aromatic heterocycles. The molecular weight excluding hydrogens is 434 g/mol. The van der Waals surface area contributed by atoms with E-state index in [1.165, 1.54) is 10.8 Å². The van der Waals surface area contributed by atoms with Crippen LogP contribution in [0.1, 0.15) is 30.4 Å². The number of hydrogen-bond acceptors (Lipinski definition) is 4. The van der Waals surface area contributed by atoms with Gasteiger partial charge in [0.25, 0.3) is 0 Å². The summed E-state index contributed by atoms with van der Waals surface area (Å²) >= 11 is 0. The number of nitrogens with one attached hydrogen (secondary N) is 1. The van der Waals surface area contributed by atoms with Crippen LogP contribution in [0, 0.1) is 6.92 Å². The van der Waals surface area contributed by atoms with Gasteiger partial charge in [-0.25, -0.2) is 8.42 Å². The van der Waals surface area contributed by atoms with Gasteiger partial charge in [-0.15, -0.1) is 0 Å². The third-order valence-electron chi connectivity index (χ3n) is 6.17. The molecule has 0 bridgehead atoms. The first-order chi connectivity index (χ1) is 15.8. The fourth-order valence-electron chi connectivity index (χ4n) is 4.36. The monoisotopic (exact) mass is 465 g/mol. The second-order valence-corrected chi connectivity index (χ2v) is 10.7. The van der Waals surface area contributed by atoms with Crippen molar-refractivity contribution >= 4 is 32.4 Å². The number of likely N-dealkylation sites (N-methyl/N-ethyl adjacent to an activating group) is 1. The number of piperidine rings is 1. The Hall–Kier alpha value is -2.74. The van der Waals surface area contributed by atoms with E-state index in [0.29, 0.717) is 25.3 Å². The van der Waals surface area contributed by atoms with Crippen LogP contribution >= 0.6 is 0 Å². The van der Waals surface area contributed by atoms with E-state index in [1.807, 2.05) is 37.1 Å². The van der Waals surface area contributed by atoms with Crippen LogP contribution in [0.3, 0.4) is 0 Å². The van der Waals surface area contributed by atoms with Gasteiger partial charge in [0.15, 0.2) is 0 Å². The number of sulfonamides is 1. The van der Waals surface area contributed by atoms with Gasteiger partial charge in [0.1, 0.15) is 0 Å². The van der Waals surface area contributed by atoms with Gasteiger partial charge in [0.2, 0.25) is 15.9 Å². The van der Waals surface area contributed by atoms with Crippen molar-refractivity contribution in [1.82, 2.24) is 9.21 Å². The highest BCUT2D eigenvalue weighted by atomic mass is 32.2. The molecule has 0 atom stereocenters. The largest absolute Gasteiger partial charge is 0.325 e. The number of fused-ring (bicyclic) bond motifs is 1. The molecule has 0 radical (unpaired) electrons. The molecule has 174 valence electrons. The molecule has 3 aromatic rings. The lowest BCUT2D eigenvalue weighted by Crippen LogP contribution is -2.35. The summed E-state index contributed by atoms with van der Waals surface area (Å²) in [6.07, 6.45) is 2.84. The highest BCUT2D eigenvalue weighted by Gasteiger charge is 2.26. The topological polar surface area (TPSA) is 69.7 Å². The maximum atomic E-state index is 13.0. The van der Waals surface area contributed by atoms with E-state index in [4.69, 9.17) is 0 Å². The number of benzene rings is 3. The molecule has 4 rings (SSSR count). The van der Waals surface area contributed by atoms with E-state index in [1.54, 1.807) is 22.5 Å². The molecule has 1 saturated heterocycles. The minimum Gasteiger partial charge on any atom is -0.325 e. The zero-order valence-electron chi connectivity index (χ0n) is 19.3. The molecule has 0 aliphatic carbocycles. The summed E-state index contributed by atoms with van der Waals surface area (Å²) < 4.78 is 27.6. The van der Waals surface area contributed by atoms with E-state index in [2.05, 4.69) is 29.6 Å². The molecule has 7 heteroatoms. The molecule has 1 aliphatic rings. The van der Waals surface area contributed by atoms with Crippen LogP contribution in [0.25, 0.3) is 10.8 Å². The van der Waals surface area contributed by atoms with Crippen LogP contribution in [0.15, 0.2) is 65.6 Å². The molecular formula is C26H31N3O3S. The molecule has 1 aliphatic heterocycles. The zero-order valence-corrected chi connectivity index (χ0v) is 20.1. The molecule has 1 amide bonds. The molecule has 0 unspecified atom stereocenters. The van der Waals surface area contributed by atoms with Gasteiger partial charge in [-0.2, -0.15) is 4.31 Å². The number of hydrogen-bond donors (Lipinski definition) is 1. The molecule has 3 aromatic carbocycles. The number of aryl methyl sites for hydroxylation is 1. The maximum absolute atomic E-state index is 13.0. The van der Waals surface area contributed by atoms with Crippen molar-refractivity contribution in [3.05, 3.63) is 71.8 Å². The first-order valence-electron chi connectivity index (χ1n) is 11.4. The van der Waals surface area contributed by atoms with E-state index < -0.39 is 10.0 Å². The summed E-state index contributed by atoms with van der Waals surface area (Å²) in [6.45, 7) is 3.81. The molecule has 0 saturated carbocycles. The fraction of sp³-hybridized carbons (Fsp3) is 0.346. The molecule has 1 fully saturated rings. The molecule has 6 nitrogen and oxygen atoms in total. The van der Waals surface area contributed by atoms with Gasteiger partial charge < -0.3 is 5.32 Å². The third kappa shape index (κ3) is 5.43. The Kier molecular flexibility index (Phi) is 7.12. The number of amides is 1. The van der Waals surface area contributed by atoms with Crippen molar-refractivity contribution in [3.8, 4) is 0 Å². The Balaban J connectivity index is 1.44. The smallest absolute Gasteiger partial charge is 0.243 e. The quantitative estimate of drug-likeness (QED) is 0.562. The first kappa shape index (κ1) is 23.4. The number of carbonyl (C=O) groups excluding carboxylic acids is 1. The van der Waals surface area contributed by atoms with Crippen molar-refractivity contribution in [3.63, 3.8) is 0 Å². The summed E-state index contributed by atoms with van der Waals surface area (Å²) in [6, 6.07) is 19.4. The summed E-state index contributed by atoms with van der Waals surface area (Å²) in [4.78, 5) is 15.0. The van der Waals surface area contributed by atoms with Gasteiger partial charge in [0, 0.05) is 25.3 Å². The Morgan fingerprint density at radius 3 is 2.52 bits per heavy atom.